The van der Waals surface area contributed by atoms with Crippen LogP contribution < -0.4 is 4.90 Å². The second kappa shape index (κ2) is 6.44. The Kier molecular flexibility index (Phi) is 4.12. The van der Waals surface area contributed by atoms with Gasteiger partial charge in [-0.3, -0.25) is 4.79 Å². The van der Waals surface area contributed by atoms with Gasteiger partial charge in [0.05, 0.1) is 13.2 Å². The lowest BCUT2D eigenvalue weighted by Crippen LogP contribution is -2.43. The van der Waals surface area contributed by atoms with Crippen LogP contribution in [-0.4, -0.2) is 65.3 Å². The van der Waals surface area contributed by atoms with Crippen LogP contribution in [0.2, 0.25) is 0 Å². The highest BCUT2D eigenvalue weighted by Gasteiger charge is 2.43. The Bertz CT molecular complexity index is 750. The van der Waals surface area contributed by atoms with Gasteiger partial charge < -0.3 is 19.1 Å². The molecule has 0 unspecified atom stereocenters. The zero-order chi connectivity index (χ0) is 17.3. The molecular formula is C17H21N5O3. The van der Waals surface area contributed by atoms with E-state index in [0.29, 0.717) is 37.8 Å². The zero-order valence-electron chi connectivity index (χ0n) is 14.2. The van der Waals surface area contributed by atoms with Crippen LogP contribution in [0, 0.1) is 12.3 Å². The van der Waals surface area contributed by atoms with Gasteiger partial charge in [-0.1, -0.05) is 5.16 Å². The molecule has 1 spiro atoms. The van der Waals surface area contributed by atoms with Crippen LogP contribution in [0.4, 0.5) is 5.95 Å². The molecule has 8 nitrogen and oxygen atoms in total. The average Bonchev–Trinajstić information content (AvgIpc) is 3.18. The molecule has 0 aromatic carbocycles. The fraction of sp³-hybridized carbons (Fsp3) is 0.529. The monoisotopic (exact) mass is 343 g/mol. The molecule has 4 heterocycles. The molecule has 2 fully saturated rings. The highest BCUT2D eigenvalue weighted by molar-refractivity contribution is 5.92. The average molecular weight is 343 g/mol. The Morgan fingerprint density at radius 3 is 2.84 bits per heavy atom. The first-order chi connectivity index (χ1) is 12.2. The molecule has 4 rings (SSSR count). The third-order valence-corrected chi connectivity index (χ3v) is 4.85. The lowest BCUT2D eigenvalue weighted by molar-refractivity contribution is 0.0682. The standard InChI is InChI=1S/C17H21N5O3/c1-13-9-14(20-25-13)15(23)21-7-8-24-12-17(10-21)3-6-22(11-17)16-18-4-2-5-19-16/h2,4-5,9H,3,6-8,10-12H2,1H3/t17-/m1/s1. The van der Waals surface area contributed by atoms with Crippen molar-refractivity contribution in [2.45, 2.75) is 13.3 Å². The molecule has 0 radical (unpaired) electrons. The second-order valence-corrected chi connectivity index (χ2v) is 6.82. The fourth-order valence-corrected chi connectivity index (χ4v) is 3.60. The molecule has 0 N–H and O–H groups in total. The summed E-state index contributed by atoms with van der Waals surface area (Å²) in [5.41, 5.74) is 0.250. The molecule has 2 aliphatic heterocycles. The van der Waals surface area contributed by atoms with Crippen LogP contribution in [0.1, 0.15) is 22.7 Å². The van der Waals surface area contributed by atoms with Crippen LogP contribution in [0.25, 0.3) is 0 Å². The fourth-order valence-electron chi connectivity index (χ4n) is 3.60. The van der Waals surface area contributed by atoms with Crippen LogP contribution in [-0.2, 0) is 4.74 Å². The van der Waals surface area contributed by atoms with Gasteiger partial charge in [0.2, 0.25) is 5.95 Å². The Labute approximate surface area is 145 Å². The number of amides is 1. The number of nitrogens with zero attached hydrogens (tertiary/aromatic N) is 5. The van der Waals surface area contributed by atoms with E-state index in [9.17, 15) is 4.79 Å². The lowest BCUT2D eigenvalue weighted by Gasteiger charge is -2.31. The van der Waals surface area contributed by atoms with Gasteiger partial charge in [-0.15, -0.1) is 0 Å². The number of aryl methyl sites for hydroxylation is 1. The Morgan fingerprint density at radius 1 is 1.24 bits per heavy atom. The number of aromatic nitrogens is 3. The van der Waals surface area contributed by atoms with E-state index in [4.69, 9.17) is 9.26 Å². The molecule has 0 bridgehead atoms. The molecule has 2 saturated heterocycles. The minimum atomic E-state index is -0.107. The van der Waals surface area contributed by atoms with Crippen molar-refractivity contribution < 1.29 is 14.1 Å². The van der Waals surface area contributed by atoms with Crippen molar-refractivity contribution >= 4 is 11.9 Å². The van der Waals surface area contributed by atoms with Gasteiger partial charge in [-0.25, -0.2) is 9.97 Å². The predicted molar refractivity (Wildman–Crippen MR) is 89.3 cm³/mol. The largest absolute Gasteiger partial charge is 0.379 e. The normalized spacial score (nSPS) is 23.9. The van der Waals surface area contributed by atoms with Gasteiger partial charge >= 0.3 is 0 Å². The number of carbonyl (C=O) groups is 1. The number of ether oxygens (including phenoxy) is 1. The van der Waals surface area contributed by atoms with Gasteiger partial charge in [0.1, 0.15) is 5.76 Å². The smallest absolute Gasteiger partial charge is 0.276 e. The Morgan fingerprint density at radius 2 is 2.08 bits per heavy atom. The van der Waals surface area contributed by atoms with Crippen molar-refractivity contribution in [2.75, 3.05) is 44.3 Å². The maximum atomic E-state index is 12.8. The third kappa shape index (κ3) is 3.21. The first kappa shape index (κ1) is 16.0. The van der Waals surface area contributed by atoms with Gasteiger partial charge in [0, 0.05) is 50.1 Å². The summed E-state index contributed by atoms with van der Waals surface area (Å²) >= 11 is 0. The summed E-state index contributed by atoms with van der Waals surface area (Å²) in [5, 5.41) is 3.86. The van der Waals surface area contributed by atoms with Gasteiger partial charge in [0.15, 0.2) is 5.69 Å². The van der Waals surface area contributed by atoms with Crippen molar-refractivity contribution in [3.05, 3.63) is 36.0 Å². The van der Waals surface area contributed by atoms with Crippen LogP contribution in [0.3, 0.4) is 0 Å². The number of carbonyl (C=O) groups excluding carboxylic acids is 1. The number of hydrogen-bond acceptors (Lipinski definition) is 7. The molecular weight excluding hydrogens is 322 g/mol. The highest BCUT2D eigenvalue weighted by atomic mass is 16.5. The molecule has 2 aromatic heterocycles. The van der Waals surface area contributed by atoms with E-state index in [0.717, 1.165) is 25.5 Å². The SMILES string of the molecule is Cc1cc(C(=O)N2CCOC[C@]3(CCN(c4ncccn4)C3)C2)no1. The van der Waals surface area contributed by atoms with Crippen molar-refractivity contribution in [1.82, 2.24) is 20.0 Å². The van der Waals surface area contributed by atoms with Crippen molar-refractivity contribution in [3.63, 3.8) is 0 Å². The molecule has 1 atom stereocenters. The van der Waals surface area contributed by atoms with E-state index in [1.807, 2.05) is 11.0 Å². The molecule has 132 valence electrons. The van der Waals surface area contributed by atoms with E-state index < -0.39 is 0 Å². The van der Waals surface area contributed by atoms with Crippen molar-refractivity contribution in [3.8, 4) is 0 Å². The Hall–Kier alpha value is -2.48. The number of hydrogen-bond donors (Lipinski definition) is 0. The van der Waals surface area contributed by atoms with Gasteiger partial charge in [-0.05, 0) is 19.4 Å². The maximum absolute atomic E-state index is 12.8. The third-order valence-electron chi connectivity index (χ3n) is 4.85. The van der Waals surface area contributed by atoms with Crippen LogP contribution in [0.15, 0.2) is 29.0 Å². The summed E-state index contributed by atoms with van der Waals surface area (Å²) in [6, 6.07) is 3.49. The summed E-state index contributed by atoms with van der Waals surface area (Å²) in [6.07, 6.45) is 4.44. The highest BCUT2D eigenvalue weighted by Crippen LogP contribution is 2.35. The molecule has 0 saturated carbocycles. The molecule has 8 heteroatoms. The summed E-state index contributed by atoms with van der Waals surface area (Å²) in [5.74, 6) is 1.27. The number of anilines is 1. The van der Waals surface area contributed by atoms with Crippen LogP contribution in [0.5, 0.6) is 0 Å². The van der Waals surface area contributed by atoms with E-state index in [2.05, 4.69) is 20.0 Å². The van der Waals surface area contributed by atoms with Gasteiger partial charge in [-0.2, -0.15) is 0 Å². The van der Waals surface area contributed by atoms with Gasteiger partial charge in [0.25, 0.3) is 5.91 Å². The summed E-state index contributed by atoms with van der Waals surface area (Å²) < 4.78 is 10.9. The second-order valence-electron chi connectivity index (χ2n) is 6.82. The van der Waals surface area contributed by atoms with Crippen molar-refractivity contribution in [1.29, 1.82) is 0 Å². The minimum absolute atomic E-state index is 0.101. The quantitative estimate of drug-likeness (QED) is 0.808. The minimum Gasteiger partial charge on any atom is -0.379 e. The topological polar surface area (TPSA) is 84.6 Å². The molecule has 2 aliphatic rings. The summed E-state index contributed by atoms with van der Waals surface area (Å²) in [4.78, 5) is 25.4. The molecule has 25 heavy (non-hydrogen) atoms. The van der Waals surface area contributed by atoms with E-state index in [1.54, 1.807) is 25.4 Å². The first-order valence-electron chi connectivity index (χ1n) is 8.48. The Balaban J connectivity index is 1.51. The van der Waals surface area contributed by atoms with E-state index in [1.165, 1.54) is 0 Å². The molecule has 2 aromatic rings. The van der Waals surface area contributed by atoms with E-state index in [-0.39, 0.29) is 11.3 Å². The lowest BCUT2D eigenvalue weighted by atomic mass is 9.87. The zero-order valence-corrected chi connectivity index (χ0v) is 14.2. The summed E-state index contributed by atoms with van der Waals surface area (Å²) in [7, 11) is 0. The maximum Gasteiger partial charge on any atom is 0.276 e. The molecule has 1 amide bonds. The van der Waals surface area contributed by atoms with Crippen molar-refractivity contribution in [2.24, 2.45) is 5.41 Å². The van der Waals surface area contributed by atoms with E-state index >= 15 is 0 Å². The number of rotatable bonds is 2. The predicted octanol–water partition coefficient (Wildman–Crippen LogP) is 1.14. The van der Waals surface area contributed by atoms with Crippen LogP contribution >= 0.6 is 0 Å². The first-order valence-corrected chi connectivity index (χ1v) is 8.48. The summed E-state index contributed by atoms with van der Waals surface area (Å²) in [6.45, 7) is 5.79. The molecule has 0 aliphatic carbocycles.